The third-order valence-electron chi connectivity index (χ3n) is 4.77. The molecule has 2 aromatic rings. The first kappa shape index (κ1) is 22.8. The molecule has 0 heterocycles. The van der Waals surface area contributed by atoms with Gasteiger partial charge in [-0.3, -0.25) is 9.59 Å². The molecule has 1 unspecified atom stereocenters. The van der Waals surface area contributed by atoms with Gasteiger partial charge in [0.25, 0.3) is 0 Å². The predicted molar refractivity (Wildman–Crippen MR) is 119 cm³/mol. The van der Waals surface area contributed by atoms with Crippen LogP contribution in [0.2, 0.25) is 0 Å². The SMILES string of the molecule is CCC(C(=O)NC)N(CCc1ccccc1)C(=O)CSCc1ccc(OC)cc1. The van der Waals surface area contributed by atoms with Crippen LogP contribution in [-0.2, 0) is 21.8 Å². The van der Waals surface area contributed by atoms with Gasteiger partial charge in [-0.25, -0.2) is 0 Å². The topological polar surface area (TPSA) is 58.6 Å². The minimum Gasteiger partial charge on any atom is -0.497 e. The Labute approximate surface area is 177 Å². The predicted octanol–water partition coefficient (Wildman–Crippen LogP) is 3.52. The highest BCUT2D eigenvalue weighted by Crippen LogP contribution is 2.18. The number of ether oxygens (including phenoxy) is 1. The molecule has 0 fully saturated rings. The molecule has 2 amide bonds. The molecule has 2 aromatic carbocycles. The van der Waals surface area contributed by atoms with Gasteiger partial charge in [0.2, 0.25) is 11.8 Å². The lowest BCUT2D eigenvalue weighted by Gasteiger charge is -2.30. The van der Waals surface area contributed by atoms with E-state index in [-0.39, 0.29) is 11.8 Å². The van der Waals surface area contributed by atoms with Gasteiger partial charge in [-0.15, -0.1) is 11.8 Å². The molecule has 156 valence electrons. The van der Waals surface area contributed by atoms with E-state index >= 15 is 0 Å². The van der Waals surface area contributed by atoms with Crippen LogP contribution >= 0.6 is 11.8 Å². The van der Waals surface area contributed by atoms with Gasteiger partial charge < -0.3 is 15.0 Å². The lowest BCUT2D eigenvalue weighted by Crippen LogP contribution is -2.50. The first-order chi connectivity index (χ1) is 14.1. The Bertz CT molecular complexity index is 765. The summed E-state index contributed by atoms with van der Waals surface area (Å²) < 4.78 is 5.17. The molecule has 0 aliphatic rings. The van der Waals surface area contributed by atoms with Crippen molar-refractivity contribution in [1.82, 2.24) is 10.2 Å². The fourth-order valence-corrected chi connectivity index (χ4v) is 3.99. The van der Waals surface area contributed by atoms with Gasteiger partial charge in [0, 0.05) is 19.3 Å². The third kappa shape index (κ3) is 7.13. The summed E-state index contributed by atoms with van der Waals surface area (Å²) in [6.07, 6.45) is 1.31. The Morgan fingerprint density at radius 1 is 1.07 bits per heavy atom. The van der Waals surface area contributed by atoms with Crippen molar-refractivity contribution in [3.63, 3.8) is 0 Å². The van der Waals surface area contributed by atoms with Gasteiger partial charge in [0.1, 0.15) is 11.8 Å². The highest BCUT2D eigenvalue weighted by molar-refractivity contribution is 7.99. The van der Waals surface area contributed by atoms with Crippen LogP contribution in [-0.4, -0.2) is 49.2 Å². The first-order valence-corrected chi connectivity index (χ1v) is 11.0. The molecule has 1 N–H and O–H groups in total. The number of nitrogens with one attached hydrogen (secondary N) is 1. The Hall–Kier alpha value is -2.47. The first-order valence-electron chi connectivity index (χ1n) is 9.84. The number of carbonyl (C=O) groups is 2. The largest absolute Gasteiger partial charge is 0.497 e. The van der Waals surface area contributed by atoms with E-state index in [0.717, 1.165) is 29.1 Å². The fraction of sp³-hybridized carbons (Fsp3) is 0.391. The van der Waals surface area contributed by atoms with Gasteiger partial charge in [-0.2, -0.15) is 0 Å². The summed E-state index contributed by atoms with van der Waals surface area (Å²) in [7, 11) is 3.26. The molecule has 1 atom stereocenters. The van der Waals surface area contributed by atoms with Gasteiger partial charge in [0.05, 0.1) is 12.9 Å². The highest BCUT2D eigenvalue weighted by atomic mass is 32.2. The van der Waals surface area contributed by atoms with Crippen LogP contribution in [0.1, 0.15) is 24.5 Å². The second-order valence-corrected chi connectivity index (χ2v) is 7.69. The summed E-state index contributed by atoms with van der Waals surface area (Å²) in [4.78, 5) is 27.0. The van der Waals surface area contributed by atoms with Crippen LogP contribution in [0.3, 0.4) is 0 Å². The van der Waals surface area contributed by atoms with Crippen molar-refractivity contribution >= 4 is 23.6 Å². The third-order valence-corrected chi connectivity index (χ3v) is 5.76. The van der Waals surface area contributed by atoms with E-state index in [0.29, 0.717) is 18.7 Å². The number of hydrogen-bond acceptors (Lipinski definition) is 4. The number of methoxy groups -OCH3 is 1. The Kier molecular flexibility index (Phi) is 9.57. The molecular formula is C23H30N2O3S. The van der Waals surface area contributed by atoms with E-state index in [1.165, 1.54) is 0 Å². The number of nitrogens with zero attached hydrogens (tertiary/aromatic N) is 1. The Morgan fingerprint density at radius 2 is 1.76 bits per heavy atom. The maximum atomic E-state index is 13.0. The zero-order valence-corrected chi connectivity index (χ0v) is 18.2. The molecule has 0 saturated carbocycles. The number of likely N-dealkylation sites (N-methyl/N-ethyl adjacent to an activating group) is 1. The van der Waals surface area contributed by atoms with Gasteiger partial charge in [-0.05, 0) is 36.1 Å². The van der Waals surface area contributed by atoms with Crippen LogP contribution in [0.4, 0.5) is 0 Å². The summed E-state index contributed by atoms with van der Waals surface area (Å²) in [5.41, 5.74) is 2.29. The number of thioether (sulfide) groups is 1. The van der Waals surface area contributed by atoms with Crippen molar-refractivity contribution in [2.24, 2.45) is 0 Å². The smallest absolute Gasteiger partial charge is 0.242 e. The molecule has 5 nitrogen and oxygen atoms in total. The summed E-state index contributed by atoms with van der Waals surface area (Å²) in [6.45, 7) is 2.46. The summed E-state index contributed by atoms with van der Waals surface area (Å²) in [5, 5.41) is 2.69. The van der Waals surface area contributed by atoms with Crippen LogP contribution in [0.25, 0.3) is 0 Å². The molecule has 6 heteroatoms. The van der Waals surface area contributed by atoms with Crippen molar-refractivity contribution in [3.05, 3.63) is 65.7 Å². The lowest BCUT2D eigenvalue weighted by molar-refractivity contribution is -0.138. The Balaban J connectivity index is 1.99. The summed E-state index contributed by atoms with van der Waals surface area (Å²) in [5.74, 6) is 1.77. The normalized spacial score (nSPS) is 11.6. The van der Waals surface area contributed by atoms with Crippen LogP contribution in [0, 0.1) is 0 Å². The molecule has 0 aliphatic carbocycles. The van der Waals surface area contributed by atoms with Gasteiger partial charge in [0.15, 0.2) is 0 Å². The zero-order chi connectivity index (χ0) is 21.1. The number of amides is 2. The van der Waals surface area contributed by atoms with Crippen molar-refractivity contribution in [3.8, 4) is 5.75 Å². The maximum Gasteiger partial charge on any atom is 0.242 e. The second kappa shape index (κ2) is 12.2. The maximum absolute atomic E-state index is 13.0. The number of benzene rings is 2. The van der Waals surface area contributed by atoms with Crippen molar-refractivity contribution in [1.29, 1.82) is 0 Å². The average Bonchev–Trinajstić information content (AvgIpc) is 2.77. The lowest BCUT2D eigenvalue weighted by atomic mass is 10.1. The molecular weight excluding hydrogens is 384 g/mol. The van der Waals surface area contributed by atoms with Gasteiger partial charge >= 0.3 is 0 Å². The molecule has 0 bridgehead atoms. The standard InChI is InChI=1S/C23H30N2O3S/c1-4-21(23(27)24-2)25(15-14-18-8-6-5-7-9-18)22(26)17-29-16-19-10-12-20(28-3)13-11-19/h5-13,21H,4,14-17H2,1-3H3,(H,24,27). The van der Waals surface area contributed by atoms with Crippen LogP contribution < -0.4 is 10.1 Å². The second-order valence-electron chi connectivity index (χ2n) is 6.70. The minimum absolute atomic E-state index is 0.00473. The molecule has 0 aliphatic heterocycles. The van der Waals surface area contributed by atoms with E-state index in [1.54, 1.807) is 30.8 Å². The van der Waals surface area contributed by atoms with Crippen molar-refractivity contribution in [2.45, 2.75) is 31.6 Å². The minimum atomic E-state index is -0.446. The molecule has 2 rings (SSSR count). The molecule has 0 radical (unpaired) electrons. The molecule has 0 saturated heterocycles. The van der Waals surface area contributed by atoms with Crippen molar-refractivity contribution in [2.75, 3.05) is 26.5 Å². The van der Waals surface area contributed by atoms with Crippen molar-refractivity contribution < 1.29 is 14.3 Å². The molecule has 0 spiro atoms. The number of carbonyl (C=O) groups excluding carboxylic acids is 2. The quantitative estimate of drug-likeness (QED) is 0.611. The average molecular weight is 415 g/mol. The molecule has 0 aromatic heterocycles. The highest BCUT2D eigenvalue weighted by Gasteiger charge is 2.27. The van der Waals surface area contributed by atoms with Crippen LogP contribution in [0.15, 0.2) is 54.6 Å². The monoisotopic (exact) mass is 414 g/mol. The summed E-state index contributed by atoms with van der Waals surface area (Å²) >= 11 is 1.56. The molecule has 29 heavy (non-hydrogen) atoms. The summed E-state index contributed by atoms with van der Waals surface area (Å²) in [6, 6.07) is 17.4. The van der Waals surface area contributed by atoms with E-state index in [2.05, 4.69) is 5.32 Å². The Morgan fingerprint density at radius 3 is 2.34 bits per heavy atom. The van der Waals surface area contributed by atoms with Crippen LogP contribution in [0.5, 0.6) is 5.75 Å². The van der Waals surface area contributed by atoms with E-state index in [1.807, 2.05) is 61.5 Å². The van der Waals surface area contributed by atoms with E-state index < -0.39 is 6.04 Å². The number of hydrogen-bond donors (Lipinski definition) is 1. The fourth-order valence-electron chi connectivity index (χ4n) is 3.12. The van der Waals surface area contributed by atoms with E-state index in [9.17, 15) is 9.59 Å². The zero-order valence-electron chi connectivity index (χ0n) is 17.4. The van der Waals surface area contributed by atoms with Gasteiger partial charge in [-0.1, -0.05) is 49.4 Å². The number of rotatable bonds is 11. The van der Waals surface area contributed by atoms with E-state index in [4.69, 9.17) is 4.74 Å².